The van der Waals surface area contributed by atoms with E-state index in [1.54, 1.807) is 11.0 Å². The first-order chi connectivity index (χ1) is 16.5. The first-order valence-electron chi connectivity index (χ1n) is 11.2. The topological polar surface area (TPSA) is 56.6 Å². The third kappa shape index (κ3) is 5.97. The number of piperazine rings is 1. The van der Waals surface area contributed by atoms with Crippen molar-refractivity contribution in [2.24, 2.45) is 0 Å². The monoisotopic (exact) mass is 563 g/mol. The Labute approximate surface area is 214 Å². The van der Waals surface area contributed by atoms with E-state index in [0.29, 0.717) is 19.7 Å². The number of benzene rings is 3. The summed E-state index contributed by atoms with van der Waals surface area (Å²) in [6.07, 6.45) is 1.67. The van der Waals surface area contributed by atoms with Crippen molar-refractivity contribution in [1.29, 1.82) is 5.26 Å². The van der Waals surface area contributed by atoms with Crippen LogP contribution in [0.1, 0.15) is 16.7 Å². The van der Waals surface area contributed by atoms with E-state index in [0.717, 1.165) is 39.2 Å². The van der Waals surface area contributed by atoms with Gasteiger partial charge in [0, 0.05) is 31.9 Å². The lowest BCUT2D eigenvalue weighted by atomic mass is 10.1. The molecule has 1 fully saturated rings. The van der Waals surface area contributed by atoms with Gasteiger partial charge < -0.3 is 14.5 Å². The zero-order valence-electron chi connectivity index (χ0n) is 19.1. The van der Waals surface area contributed by atoms with E-state index in [4.69, 9.17) is 4.74 Å². The minimum atomic E-state index is -0.218. The first-order valence-corrected chi connectivity index (χ1v) is 12.3. The SMILES string of the molecule is Cc1cccc(COc2ccc(/C=C(/C#N)C(=O)N3CCN(c4ccccc4)CC3)cc2I)c1. The van der Waals surface area contributed by atoms with Gasteiger partial charge in [-0.15, -0.1) is 0 Å². The fourth-order valence-corrected chi connectivity index (χ4v) is 4.67. The van der Waals surface area contributed by atoms with Crippen LogP contribution < -0.4 is 9.64 Å². The summed E-state index contributed by atoms with van der Waals surface area (Å²) in [5, 5.41) is 9.67. The summed E-state index contributed by atoms with van der Waals surface area (Å²) in [7, 11) is 0. The van der Waals surface area contributed by atoms with Gasteiger partial charge in [-0.3, -0.25) is 4.79 Å². The lowest BCUT2D eigenvalue weighted by Gasteiger charge is -2.36. The molecule has 3 aromatic carbocycles. The number of carbonyl (C=O) groups is 1. The van der Waals surface area contributed by atoms with Crippen molar-refractivity contribution in [3.05, 3.63) is 98.6 Å². The Morgan fingerprint density at radius 2 is 1.79 bits per heavy atom. The number of anilines is 1. The van der Waals surface area contributed by atoms with Crippen molar-refractivity contribution < 1.29 is 9.53 Å². The third-order valence-corrected chi connectivity index (χ3v) is 6.63. The van der Waals surface area contributed by atoms with Crippen LogP contribution in [0, 0.1) is 21.8 Å². The third-order valence-electron chi connectivity index (χ3n) is 5.78. The molecule has 172 valence electrons. The molecule has 1 saturated heterocycles. The average Bonchev–Trinajstić information content (AvgIpc) is 2.87. The number of hydrogen-bond donors (Lipinski definition) is 0. The fraction of sp³-hybridized carbons (Fsp3) is 0.214. The van der Waals surface area contributed by atoms with Gasteiger partial charge in [-0.1, -0.05) is 54.1 Å². The van der Waals surface area contributed by atoms with E-state index in [1.165, 1.54) is 5.56 Å². The Hall–Kier alpha value is -3.31. The van der Waals surface area contributed by atoms with Crippen LogP contribution in [0.2, 0.25) is 0 Å². The largest absolute Gasteiger partial charge is 0.488 e. The zero-order valence-corrected chi connectivity index (χ0v) is 21.2. The molecule has 1 amide bonds. The maximum atomic E-state index is 13.0. The molecule has 0 spiro atoms. The molecule has 6 heteroatoms. The van der Waals surface area contributed by atoms with Crippen molar-refractivity contribution in [1.82, 2.24) is 4.90 Å². The van der Waals surface area contributed by atoms with E-state index in [1.807, 2.05) is 48.5 Å². The lowest BCUT2D eigenvalue weighted by molar-refractivity contribution is -0.126. The maximum absolute atomic E-state index is 13.0. The number of aryl methyl sites for hydroxylation is 1. The predicted octanol–water partition coefficient (Wildman–Crippen LogP) is 5.43. The molecule has 0 bridgehead atoms. The predicted molar refractivity (Wildman–Crippen MR) is 143 cm³/mol. The van der Waals surface area contributed by atoms with E-state index < -0.39 is 0 Å². The summed E-state index contributed by atoms with van der Waals surface area (Å²) >= 11 is 2.22. The summed E-state index contributed by atoms with van der Waals surface area (Å²) in [6.45, 7) is 5.24. The van der Waals surface area contributed by atoms with Gasteiger partial charge in [-0.05, 0) is 71.0 Å². The Morgan fingerprint density at radius 1 is 1.03 bits per heavy atom. The maximum Gasteiger partial charge on any atom is 0.264 e. The number of nitriles is 1. The van der Waals surface area contributed by atoms with Crippen molar-refractivity contribution in [3.63, 3.8) is 0 Å². The highest BCUT2D eigenvalue weighted by Gasteiger charge is 2.23. The number of hydrogen-bond acceptors (Lipinski definition) is 4. The van der Waals surface area contributed by atoms with Crippen LogP contribution in [0.3, 0.4) is 0 Å². The lowest BCUT2D eigenvalue weighted by Crippen LogP contribution is -2.49. The first kappa shape index (κ1) is 23.8. The molecule has 1 heterocycles. The Kier molecular flexibility index (Phi) is 7.86. The van der Waals surface area contributed by atoms with Crippen molar-refractivity contribution >= 4 is 40.3 Å². The van der Waals surface area contributed by atoms with Crippen LogP contribution in [0.25, 0.3) is 6.08 Å². The number of amides is 1. The minimum absolute atomic E-state index is 0.150. The molecule has 0 atom stereocenters. The summed E-state index contributed by atoms with van der Waals surface area (Å²) in [5.74, 6) is 0.561. The van der Waals surface area contributed by atoms with Crippen LogP contribution in [-0.2, 0) is 11.4 Å². The van der Waals surface area contributed by atoms with Gasteiger partial charge >= 0.3 is 0 Å². The molecular weight excluding hydrogens is 537 g/mol. The molecule has 1 aliphatic rings. The number of para-hydroxylation sites is 1. The molecule has 0 radical (unpaired) electrons. The second-order valence-corrected chi connectivity index (χ2v) is 9.41. The van der Waals surface area contributed by atoms with Crippen molar-refractivity contribution in [2.45, 2.75) is 13.5 Å². The van der Waals surface area contributed by atoms with Gasteiger partial charge in [0.1, 0.15) is 24.0 Å². The van der Waals surface area contributed by atoms with Crippen LogP contribution in [0.5, 0.6) is 5.75 Å². The summed E-state index contributed by atoms with van der Waals surface area (Å²) < 4.78 is 6.91. The highest BCUT2D eigenvalue weighted by Crippen LogP contribution is 2.25. The fourth-order valence-electron chi connectivity index (χ4n) is 3.97. The number of carbonyl (C=O) groups excluding carboxylic acids is 1. The standard InChI is InChI=1S/C28H26IN3O2/c1-21-6-5-7-23(16-21)20-34-27-11-10-22(18-26(27)29)17-24(19-30)28(33)32-14-12-31(13-15-32)25-8-3-2-4-9-25/h2-11,16-18H,12-15,20H2,1H3/b24-17-. The molecular formula is C28H26IN3O2. The van der Waals surface area contributed by atoms with Crippen LogP contribution in [0.15, 0.2) is 78.4 Å². The molecule has 0 aliphatic carbocycles. The summed E-state index contributed by atoms with van der Waals surface area (Å²) in [6, 6.07) is 26.2. The van der Waals surface area contributed by atoms with Gasteiger partial charge in [0.05, 0.1) is 3.57 Å². The van der Waals surface area contributed by atoms with E-state index in [2.05, 4.69) is 64.7 Å². The van der Waals surface area contributed by atoms with Gasteiger partial charge in [0.15, 0.2) is 0 Å². The molecule has 3 aromatic rings. The van der Waals surface area contributed by atoms with Gasteiger partial charge in [0.2, 0.25) is 0 Å². The smallest absolute Gasteiger partial charge is 0.264 e. The van der Waals surface area contributed by atoms with E-state index in [9.17, 15) is 10.1 Å². The Morgan fingerprint density at radius 3 is 2.47 bits per heavy atom. The molecule has 34 heavy (non-hydrogen) atoms. The van der Waals surface area contributed by atoms with E-state index >= 15 is 0 Å². The molecule has 0 aromatic heterocycles. The molecule has 0 saturated carbocycles. The van der Waals surface area contributed by atoms with Crippen LogP contribution in [0.4, 0.5) is 5.69 Å². The highest BCUT2D eigenvalue weighted by atomic mass is 127. The van der Waals surface area contributed by atoms with Crippen LogP contribution in [-0.4, -0.2) is 37.0 Å². The molecule has 0 N–H and O–H groups in total. The number of ether oxygens (including phenoxy) is 1. The van der Waals surface area contributed by atoms with Crippen molar-refractivity contribution in [3.8, 4) is 11.8 Å². The average molecular weight is 563 g/mol. The highest BCUT2D eigenvalue weighted by molar-refractivity contribution is 14.1. The second kappa shape index (κ2) is 11.2. The summed E-state index contributed by atoms with van der Waals surface area (Å²) in [4.78, 5) is 17.0. The van der Waals surface area contributed by atoms with Gasteiger partial charge in [0.25, 0.3) is 5.91 Å². The minimum Gasteiger partial charge on any atom is -0.488 e. The van der Waals surface area contributed by atoms with Gasteiger partial charge in [-0.2, -0.15) is 5.26 Å². The number of nitrogens with zero attached hydrogens (tertiary/aromatic N) is 3. The van der Waals surface area contributed by atoms with Crippen LogP contribution >= 0.6 is 22.6 Å². The van der Waals surface area contributed by atoms with Gasteiger partial charge in [-0.25, -0.2) is 0 Å². The summed E-state index contributed by atoms with van der Waals surface area (Å²) in [5.41, 5.74) is 4.43. The molecule has 1 aliphatic heterocycles. The van der Waals surface area contributed by atoms with Crippen molar-refractivity contribution in [2.75, 3.05) is 31.1 Å². The normalized spacial score (nSPS) is 14.0. The quantitative estimate of drug-likeness (QED) is 0.228. The zero-order chi connectivity index (χ0) is 23.9. The number of halogens is 1. The Bertz CT molecular complexity index is 1230. The number of rotatable bonds is 6. The second-order valence-electron chi connectivity index (χ2n) is 8.25. The Balaban J connectivity index is 1.39. The van der Waals surface area contributed by atoms with E-state index in [-0.39, 0.29) is 11.5 Å². The molecule has 5 nitrogen and oxygen atoms in total. The molecule has 0 unspecified atom stereocenters. The molecule has 4 rings (SSSR count).